The molecule has 1 N–H and O–H groups in total. The fourth-order valence-electron chi connectivity index (χ4n) is 2.95. The monoisotopic (exact) mass is 344 g/mol. The number of para-hydroxylation sites is 1. The Kier molecular flexibility index (Phi) is 4.36. The van der Waals surface area contributed by atoms with Crippen LogP contribution in [0.2, 0.25) is 5.02 Å². The van der Waals surface area contributed by atoms with Crippen molar-refractivity contribution in [3.8, 4) is 11.1 Å². The van der Waals surface area contributed by atoms with Gasteiger partial charge in [-0.25, -0.2) is 4.98 Å². The lowest BCUT2D eigenvalue weighted by molar-refractivity contribution is 1.12. The third kappa shape index (κ3) is 3.21. The van der Waals surface area contributed by atoms with E-state index in [1.165, 1.54) is 5.56 Å². The number of hydrogen-bond acceptors (Lipinski definition) is 2. The second-order valence-electron chi connectivity index (χ2n) is 5.87. The summed E-state index contributed by atoms with van der Waals surface area (Å²) in [5, 5.41) is 5.16. The van der Waals surface area contributed by atoms with Gasteiger partial charge in [0.2, 0.25) is 0 Å². The molecule has 0 amide bonds. The van der Waals surface area contributed by atoms with Crippen LogP contribution in [0.1, 0.15) is 5.56 Å². The molecule has 1 aromatic heterocycles. The summed E-state index contributed by atoms with van der Waals surface area (Å²) in [5.74, 6) is 0.804. The molecule has 0 saturated heterocycles. The van der Waals surface area contributed by atoms with Crippen molar-refractivity contribution in [1.29, 1.82) is 0 Å². The topological polar surface area (TPSA) is 24.9 Å². The van der Waals surface area contributed by atoms with E-state index < -0.39 is 0 Å². The quantitative estimate of drug-likeness (QED) is 0.479. The van der Waals surface area contributed by atoms with Crippen LogP contribution in [0.15, 0.2) is 84.9 Å². The molecule has 3 heteroatoms. The van der Waals surface area contributed by atoms with Crippen LogP contribution in [0.5, 0.6) is 0 Å². The molecule has 0 fully saturated rings. The maximum absolute atomic E-state index is 6.78. The second-order valence-corrected chi connectivity index (χ2v) is 6.25. The van der Waals surface area contributed by atoms with Crippen molar-refractivity contribution in [2.45, 2.75) is 6.54 Å². The van der Waals surface area contributed by atoms with Gasteiger partial charge in [0.25, 0.3) is 0 Å². The minimum atomic E-state index is 0.697. The van der Waals surface area contributed by atoms with Crippen LogP contribution in [-0.2, 0) is 6.54 Å². The normalized spacial score (nSPS) is 10.8. The summed E-state index contributed by atoms with van der Waals surface area (Å²) < 4.78 is 0. The van der Waals surface area contributed by atoms with Gasteiger partial charge in [-0.1, -0.05) is 90.5 Å². The highest BCUT2D eigenvalue weighted by molar-refractivity contribution is 6.38. The SMILES string of the molecule is Clc1c(-c2ccccc2)c(NCc2ccccc2)nc2ccccc12. The van der Waals surface area contributed by atoms with Crippen LogP contribution in [0.3, 0.4) is 0 Å². The summed E-state index contributed by atoms with van der Waals surface area (Å²) in [4.78, 5) is 4.83. The lowest BCUT2D eigenvalue weighted by atomic mass is 10.0. The van der Waals surface area contributed by atoms with Crippen LogP contribution in [-0.4, -0.2) is 4.98 Å². The van der Waals surface area contributed by atoms with Gasteiger partial charge in [0, 0.05) is 17.5 Å². The molecule has 0 bridgehead atoms. The molecule has 4 rings (SSSR count). The number of aromatic nitrogens is 1. The van der Waals surface area contributed by atoms with Crippen molar-refractivity contribution in [3.05, 3.63) is 95.5 Å². The van der Waals surface area contributed by atoms with Gasteiger partial charge in [-0.05, 0) is 17.2 Å². The number of anilines is 1. The van der Waals surface area contributed by atoms with E-state index in [0.29, 0.717) is 6.54 Å². The van der Waals surface area contributed by atoms with Gasteiger partial charge in [0.15, 0.2) is 0 Å². The molecule has 0 unspecified atom stereocenters. The zero-order valence-electron chi connectivity index (χ0n) is 13.6. The fourth-order valence-corrected chi connectivity index (χ4v) is 3.31. The highest BCUT2D eigenvalue weighted by Crippen LogP contribution is 2.38. The number of pyridine rings is 1. The molecule has 0 saturated carbocycles. The fraction of sp³-hybridized carbons (Fsp3) is 0.0455. The smallest absolute Gasteiger partial charge is 0.136 e. The molecule has 0 spiro atoms. The summed E-state index contributed by atoms with van der Waals surface area (Å²) in [6.07, 6.45) is 0. The van der Waals surface area contributed by atoms with E-state index >= 15 is 0 Å². The second kappa shape index (κ2) is 6.96. The molecule has 3 aromatic carbocycles. The molecule has 0 aliphatic heterocycles. The largest absolute Gasteiger partial charge is 0.365 e. The first-order valence-corrected chi connectivity index (χ1v) is 8.62. The molecular weight excluding hydrogens is 328 g/mol. The molecule has 25 heavy (non-hydrogen) atoms. The molecule has 0 aliphatic rings. The van der Waals surface area contributed by atoms with E-state index in [1.54, 1.807) is 0 Å². The van der Waals surface area contributed by atoms with Gasteiger partial charge in [-0.3, -0.25) is 0 Å². The Morgan fingerprint density at radius 3 is 2.16 bits per heavy atom. The molecule has 1 heterocycles. The lowest BCUT2D eigenvalue weighted by Crippen LogP contribution is -2.04. The van der Waals surface area contributed by atoms with Crippen LogP contribution < -0.4 is 5.32 Å². The number of nitrogens with one attached hydrogen (secondary N) is 1. The number of rotatable bonds is 4. The molecular formula is C22H17ClN2. The third-order valence-corrected chi connectivity index (χ3v) is 4.59. The third-order valence-electron chi connectivity index (χ3n) is 4.19. The molecule has 0 radical (unpaired) electrons. The van der Waals surface area contributed by atoms with Crippen LogP contribution >= 0.6 is 11.6 Å². The van der Waals surface area contributed by atoms with Gasteiger partial charge >= 0.3 is 0 Å². The Labute approximate surface area is 152 Å². The van der Waals surface area contributed by atoms with Crippen molar-refractivity contribution >= 4 is 28.3 Å². The Hall–Kier alpha value is -2.84. The number of benzene rings is 3. The highest BCUT2D eigenvalue weighted by Gasteiger charge is 2.15. The maximum atomic E-state index is 6.78. The predicted molar refractivity (Wildman–Crippen MR) is 106 cm³/mol. The molecule has 122 valence electrons. The van der Waals surface area contributed by atoms with E-state index in [-0.39, 0.29) is 0 Å². The summed E-state index contributed by atoms with van der Waals surface area (Å²) in [7, 11) is 0. The molecule has 0 aliphatic carbocycles. The minimum absolute atomic E-state index is 0.697. The first kappa shape index (κ1) is 15.7. The Morgan fingerprint density at radius 1 is 0.760 bits per heavy atom. The van der Waals surface area contributed by atoms with Crippen LogP contribution in [0.25, 0.3) is 22.0 Å². The summed E-state index contributed by atoms with van der Waals surface area (Å²) in [6.45, 7) is 0.697. The maximum Gasteiger partial charge on any atom is 0.136 e. The molecule has 0 atom stereocenters. The minimum Gasteiger partial charge on any atom is -0.365 e. The van der Waals surface area contributed by atoms with Gasteiger partial charge in [0.1, 0.15) is 5.82 Å². The number of fused-ring (bicyclic) bond motifs is 1. The van der Waals surface area contributed by atoms with Gasteiger partial charge in [-0.2, -0.15) is 0 Å². The zero-order valence-corrected chi connectivity index (χ0v) is 14.4. The standard InChI is InChI=1S/C22H17ClN2/c23-21-18-13-7-8-14-19(18)25-22(20(21)17-11-5-2-6-12-17)24-15-16-9-3-1-4-10-16/h1-14H,15H2,(H,24,25). The summed E-state index contributed by atoms with van der Waals surface area (Å²) in [5.41, 5.74) is 4.09. The van der Waals surface area contributed by atoms with Crippen molar-refractivity contribution < 1.29 is 0 Å². The average molecular weight is 345 g/mol. The first-order valence-electron chi connectivity index (χ1n) is 8.24. The molecule has 2 nitrogen and oxygen atoms in total. The first-order chi connectivity index (χ1) is 12.3. The number of nitrogens with zero attached hydrogens (tertiary/aromatic N) is 1. The lowest BCUT2D eigenvalue weighted by Gasteiger charge is -2.15. The summed E-state index contributed by atoms with van der Waals surface area (Å²) in [6, 6.07) is 28.4. The van der Waals surface area contributed by atoms with E-state index in [4.69, 9.17) is 16.6 Å². The van der Waals surface area contributed by atoms with Gasteiger partial charge < -0.3 is 5.32 Å². The van der Waals surface area contributed by atoms with E-state index in [2.05, 4.69) is 29.6 Å². The highest BCUT2D eigenvalue weighted by atomic mass is 35.5. The Bertz CT molecular complexity index is 998. The van der Waals surface area contributed by atoms with E-state index in [9.17, 15) is 0 Å². The van der Waals surface area contributed by atoms with Crippen molar-refractivity contribution in [2.24, 2.45) is 0 Å². The van der Waals surface area contributed by atoms with Crippen molar-refractivity contribution in [2.75, 3.05) is 5.32 Å². The van der Waals surface area contributed by atoms with E-state index in [1.807, 2.05) is 60.7 Å². The Morgan fingerprint density at radius 2 is 1.40 bits per heavy atom. The van der Waals surface area contributed by atoms with Gasteiger partial charge in [0.05, 0.1) is 10.5 Å². The zero-order chi connectivity index (χ0) is 17.1. The van der Waals surface area contributed by atoms with Gasteiger partial charge in [-0.15, -0.1) is 0 Å². The number of halogens is 1. The van der Waals surface area contributed by atoms with E-state index in [0.717, 1.165) is 32.9 Å². The Balaban J connectivity index is 1.83. The predicted octanol–water partition coefficient (Wildman–Crippen LogP) is 6.17. The van der Waals surface area contributed by atoms with Crippen molar-refractivity contribution in [3.63, 3.8) is 0 Å². The number of hydrogen-bond donors (Lipinski definition) is 1. The van der Waals surface area contributed by atoms with Crippen LogP contribution in [0.4, 0.5) is 5.82 Å². The molecule has 4 aromatic rings. The summed E-state index contributed by atoms with van der Waals surface area (Å²) >= 11 is 6.78. The van der Waals surface area contributed by atoms with Crippen molar-refractivity contribution in [1.82, 2.24) is 4.98 Å². The average Bonchev–Trinajstić information content (AvgIpc) is 2.68. The van der Waals surface area contributed by atoms with Crippen LogP contribution in [0, 0.1) is 0 Å².